The number of carbonyl (C=O) groups is 1. The molecule has 7 heteroatoms. The zero-order valence-corrected chi connectivity index (χ0v) is 9.93. The first kappa shape index (κ1) is 13.3. The molecule has 96 valence electrons. The molecule has 0 aromatic rings. The van der Waals surface area contributed by atoms with E-state index in [1.54, 1.807) is 0 Å². The fraction of sp³-hybridized carbons (Fsp3) is 0.700. The van der Waals surface area contributed by atoms with Crippen molar-refractivity contribution in [2.24, 2.45) is 27.2 Å². The van der Waals surface area contributed by atoms with Crippen molar-refractivity contribution in [2.75, 3.05) is 19.6 Å². The zero-order chi connectivity index (χ0) is 12.7. The predicted octanol–water partition coefficient (Wildman–Crippen LogP) is -1.02. The highest BCUT2D eigenvalue weighted by atomic mass is 16.2. The minimum Gasteiger partial charge on any atom is -0.370 e. The molecule has 0 unspecified atom stereocenters. The van der Waals surface area contributed by atoms with Gasteiger partial charge in [-0.25, -0.2) is 0 Å². The molecule has 0 radical (unpaired) electrons. The van der Waals surface area contributed by atoms with Gasteiger partial charge in [0.2, 0.25) is 11.9 Å². The van der Waals surface area contributed by atoms with Gasteiger partial charge in [-0.3, -0.25) is 9.79 Å². The van der Waals surface area contributed by atoms with Crippen molar-refractivity contribution < 1.29 is 4.79 Å². The lowest BCUT2D eigenvalue weighted by molar-refractivity contribution is -0.131. The Labute approximate surface area is 101 Å². The average molecular weight is 240 g/mol. The van der Waals surface area contributed by atoms with Crippen LogP contribution in [0, 0.1) is 0 Å². The monoisotopic (exact) mass is 240 g/mol. The number of piperidine rings is 1. The molecule has 0 aromatic heterocycles. The summed E-state index contributed by atoms with van der Waals surface area (Å²) in [6.07, 6.45) is 3.73. The predicted molar refractivity (Wildman–Crippen MR) is 67.3 cm³/mol. The van der Waals surface area contributed by atoms with Crippen LogP contribution >= 0.6 is 0 Å². The first-order valence-corrected chi connectivity index (χ1v) is 5.77. The molecule has 0 aromatic carbocycles. The normalized spacial score (nSPS) is 16.7. The maximum atomic E-state index is 11.7. The Kier molecular flexibility index (Phi) is 5.25. The first-order chi connectivity index (χ1) is 8.09. The van der Waals surface area contributed by atoms with E-state index in [-0.39, 0.29) is 17.8 Å². The van der Waals surface area contributed by atoms with Gasteiger partial charge in [0.25, 0.3) is 0 Å². The Bertz CT molecular complexity index is 315. The molecule has 6 N–H and O–H groups in total. The van der Waals surface area contributed by atoms with Crippen molar-refractivity contribution in [1.29, 1.82) is 0 Å². The summed E-state index contributed by atoms with van der Waals surface area (Å²) in [6.45, 7) is 2.02. The molecule has 0 atom stereocenters. The van der Waals surface area contributed by atoms with Crippen molar-refractivity contribution in [2.45, 2.75) is 25.7 Å². The van der Waals surface area contributed by atoms with E-state index in [0.29, 0.717) is 13.0 Å². The number of hydrogen-bond donors (Lipinski definition) is 3. The number of amides is 1. The molecule has 1 aliphatic rings. The van der Waals surface area contributed by atoms with Crippen molar-refractivity contribution in [3.63, 3.8) is 0 Å². The van der Waals surface area contributed by atoms with E-state index in [1.807, 2.05) is 4.90 Å². The maximum Gasteiger partial charge on any atom is 0.224 e. The molecule has 1 amide bonds. The third-order valence-corrected chi connectivity index (χ3v) is 2.55. The molecule has 7 nitrogen and oxygen atoms in total. The van der Waals surface area contributed by atoms with Crippen LogP contribution in [0.15, 0.2) is 9.98 Å². The van der Waals surface area contributed by atoms with Crippen molar-refractivity contribution in [1.82, 2.24) is 4.90 Å². The molecule has 0 saturated carbocycles. The van der Waals surface area contributed by atoms with E-state index < -0.39 is 0 Å². The Morgan fingerprint density at radius 1 is 1.12 bits per heavy atom. The van der Waals surface area contributed by atoms with Gasteiger partial charge in [0.15, 0.2) is 5.96 Å². The topological polar surface area (TPSA) is 123 Å². The fourth-order valence-electron chi connectivity index (χ4n) is 1.74. The summed E-state index contributed by atoms with van der Waals surface area (Å²) in [5.41, 5.74) is 15.7. The third-order valence-electron chi connectivity index (χ3n) is 2.55. The second-order valence-electron chi connectivity index (χ2n) is 3.97. The number of nitrogens with zero attached hydrogens (tertiary/aromatic N) is 3. The molecule has 1 heterocycles. The van der Waals surface area contributed by atoms with Gasteiger partial charge in [-0.1, -0.05) is 0 Å². The lowest BCUT2D eigenvalue weighted by atomic mass is 10.1. The summed E-state index contributed by atoms with van der Waals surface area (Å²) in [4.78, 5) is 21.1. The molecule has 1 saturated heterocycles. The molecular weight excluding hydrogens is 220 g/mol. The molecule has 1 fully saturated rings. The van der Waals surface area contributed by atoms with E-state index in [1.165, 1.54) is 6.42 Å². The summed E-state index contributed by atoms with van der Waals surface area (Å²) < 4.78 is 0. The van der Waals surface area contributed by atoms with Crippen molar-refractivity contribution >= 4 is 17.8 Å². The SMILES string of the molecule is NC(N)=NC(N)=NCCC(=O)N1CCCCC1. The molecule has 0 spiro atoms. The lowest BCUT2D eigenvalue weighted by Crippen LogP contribution is -2.35. The van der Waals surface area contributed by atoms with E-state index in [9.17, 15) is 4.79 Å². The van der Waals surface area contributed by atoms with Gasteiger partial charge < -0.3 is 22.1 Å². The second-order valence-corrected chi connectivity index (χ2v) is 3.97. The van der Waals surface area contributed by atoms with Crippen LogP contribution < -0.4 is 17.2 Å². The van der Waals surface area contributed by atoms with Crippen LogP contribution in [0.25, 0.3) is 0 Å². The zero-order valence-electron chi connectivity index (χ0n) is 9.93. The summed E-state index contributed by atoms with van der Waals surface area (Å²) in [5.74, 6) is -0.00370. The lowest BCUT2D eigenvalue weighted by Gasteiger charge is -2.26. The van der Waals surface area contributed by atoms with Crippen LogP contribution in [0.4, 0.5) is 0 Å². The highest BCUT2D eigenvalue weighted by Crippen LogP contribution is 2.09. The van der Waals surface area contributed by atoms with Gasteiger partial charge in [0, 0.05) is 19.5 Å². The van der Waals surface area contributed by atoms with Gasteiger partial charge in [0.05, 0.1) is 6.54 Å². The minimum atomic E-state index is -0.131. The van der Waals surface area contributed by atoms with Gasteiger partial charge >= 0.3 is 0 Å². The molecule has 1 aliphatic heterocycles. The van der Waals surface area contributed by atoms with Gasteiger partial charge in [-0.2, -0.15) is 4.99 Å². The largest absolute Gasteiger partial charge is 0.370 e. The van der Waals surface area contributed by atoms with Gasteiger partial charge in [0.1, 0.15) is 0 Å². The maximum absolute atomic E-state index is 11.7. The quantitative estimate of drug-likeness (QED) is 0.431. The molecule has 1 rings (SSSR count). The van der Waals surface area contributed by atoms with Crippen LogP contribution in [0.2, 0.25) is 0 Å². The first-order valence-electron chi connectivity index (χ1n) is 5.77. The van der Waals surface area contributed by atoms with E-state index >= 15 is 0 Å². The number of nitrogens with two attached hydrogens (primary N) is 3. The van der Waals surface area contributed by atoms with Gasteiger partial charge in [-0.05, 0) is 19.3 Å². The molecule has 17 heavy (non-hydrogen) atoms. The standard InChI is InChI=1S/C10H20N6O/c11-9(12)15-10(13)14-5-4-8(17)16-6-2-1-3-7-16/h1-7H2,(H6,11,12,13,14,15). The fourth-order valence-corrected chi connectivity index (χ4v) is 1.74. The van der Waals surface area contributed by atoms with Crippen LogP contribution in [0.1, 0.15) is 25.7 Å². The number of rotatable bonds is 3. The summed E-state index contributed by atoms with van der Waals surface area (Å²) in [7, 11) is 0. The van der Waals surface area contributed by atoms with Crippen LogP contribution in [0.3, 0.4) is 0 Å². The van der Waals surface area contributed by atoms with E-state index in [2.05, 4.69) is 9.98 Å². The van der Waals surface area contributed by atoms with Crippen molar-refractivity contribution in [3.8, 4) is 0 Å². The highest BCUT2D eigenvalue weighted by molar-refractivity contribution is 5.92. The summed E-state index contributed by atoms with van der Waals surface area (Å²) >= 11 is 0. The smallest absolute Gasteiger partial charge is 0.224 e. The van der Waals surface area contributed by atoms with Crippen LogP contribution in [0.5, 0.6) is 0 Å². The minimum absolute atomic E-state index is 0.0106. The Balaban J connectivity index is 2.30. The molecule has 0 bridgehead atoms. The number of carbonyl (C=O) groups excluding carboxylic acids is 1. The number of aliphatic imine (C=N–C) groups is 2. The van der Waals surface area contributed by atoms with Crippen LogP contribution in [-0.2, 0) is 4.79 Å². The molecule has 0 aliphatic carbocycles. The molecular formula is C10H20N6O. The Hall–Kier alpha value is -1.79. The highest BCUT2D eigenvalue weighted by Gasteiger charge is 2.15. The Morgan fingerprint density at radius 3 is 2.35 bits per heavy atom. The summed E-state index contributed by atoms with van der Waals surface area (Å²) in [6, 6.07) is 0. The number of guanidine groups is 2. The average Bonchev–Trinajstić information content (AvgIpc) is 2.29. The van der Waals surface area contributed by atoms with E-state index in [0.717, 1.165) is 25.9 Å². The second kappa shape index (κ2) is 6.72. The third kappa shape index (κ3) is 5.19. The van der Waals surface area contributed by atoms with Crippen molar-refractivity contribution in [3.05, 3.63) is 0 Å². The van der Waals surface area contributed by atoms with Crippen LogP contribution in [-0.4, -0.2) is 42.4 Å². The Morgan fingerprint density at radius 2 is 1.76 bits per heavy atom. The van der Waals surface area contributed by atoms with E-state index in [4.69, 9.17) is 17.2 Å². The number of hydrogen-bond acceptors (Lipinski definition) is 2. The number of likely N-dealkylation sites (tertiary alicyclic amines) is 1. The van der Waals surface area contributed by atoms with Gasteiger partial charge in [-0.15, -0.1) is 0 Å². The summed E-state index contributed by atoms with van der Waals surface area (Å²) in [5, 5.41) is 0.